The van der Waals surface area contributed by atoms with E-state index < -0.39 is 28.5 Å². The van der Waals surface area contributed by atoms with Gasteiger partial charge >= 0.3 is 0 Å². The number of rotatable bonds is 8. The van der Waals surface area contributed by atoms with E-state index in [0.717, 1.165) is 23.8 Å². The maximum Gasteiger partial charge on any atom is 0.273 e. The number of hydrazone groups is 1. The van der Waals surface area contributed by atoms with E-state index in [4.69, 9.17) is 10.3 Å². The van der Waals surface area contributed by atoms with Crippen LogP contribution in [0.2, 0.25) is 0 Å². The Morgan fingerprint density at radius 2 is 2.06 bits per heavy atom. The summed E-state index contributed by atoms with van der Waals surface area (Å²) in [5.41, 5.74) is 9.33. The molecule has 0 saturated heterocycles. The van der Waals surface area contributed by atoms with Crippen LogP contribution in [-0.2, 0) is 14.4 Å². The van der Waals surface area contributed by atoms with Crippen LogP contribution in [0.25, 0.3) is 10.4 Å². The summed E-state index contributed by atoms with van der Waals surface area (Å²) in [6.45, 7) is 1.82. The average molecular weight is 445 g/mol. The van der Waals surface area contributed by atoms with Crippen molar-refractivity contribution in [2.45, 2.75) is 30.7 Å². The van der Waals surface area contributed by atoms with Crippen molar-refractivity contribution in [2.24, 2.45) is 10.2 Å². The van der Waals surface area contributed by atoms with Gasteiger partial charge in [0.2, 0.25) is 0 Å². The number of methoxy groups -OCH3 is 1. The summed E-state index contributed by atoms with van der Waals surface area (Å²) in [6, 6.07) is 12.3. The molecule has 0 spiro atoms. The molecule has 10 heteroatoms. The van der Waals surface area contributed by atoms with E-state index >= 15 is 0 Å². The van der Waals surface area contributed by atoms with Crippen LogP contribution in [0.4, 0.5) is 8.78 Å². The highest BCUT2D eigenvalue weighted by Crippen LogP contribution is 2.50. The van der Waals surface area contributed by atoms with Crippen LogP contribution >= 0.6 is 11.8 Å². The predicted octanol–water partition coefficient (Wildman–Crippen LogP) is 5.18. The number of nitrogens with zero attached hydrogens (tertiary/aromatic N) is 5. The van der Waals surface area contributed by atoms with Crippen molar-refractivity contribution in [3.05, 3.63) is 81.7 Å². The highest BCUT2D eigenvalue weighted by atomic mass is 32.2. The second kappa shape index (κ2) is 9.91. The summed E-state index contributed by atoms with van der Waals surface area (Å²) in [7, 11) is 1.41. The van der Waals surface area contributed by atoms with Crippen molar-refractivity contribution in [2.75, 3.05) is 13.7 Å². The first kappa shape index (κ1) is 22.7. The maximum atomic E-state index is 14.5. The molecule has 0 fully saturated rings. The molecule has 2 aromatic carbocycles. The van der Waals surface area contributed by atoms with Gasteiger partial charge in [0.25, 0.3) is 5.91 Å². The lowest BCUT2D eigenvalue weighted by Gasteiger charge is -2.36. The first-order valence-corrected chi connectivity index (χ1v) is 10.4. The average Bonchev–Trinajstić information content (AvgIpc) is 3.18. The number of carbonyl (C=O) groups excluding carboxylic acids is 1. The van der Waals surface area contributed by atoms with Gasteiger partial charge in [-0.25, -0.2) is 13.8 Å². The zero-order valence-corrected chi connectivity index (χ0v) is 17.9. The van der Waals surface area contributed by atoms with Gasteiger partial charge in [-0.2, -0.15) is 5.10 Å². The van der Waals surface area contributed by atoms with Crippen molar-refractivity contribution in [1.82, 2.24) is 5.01 Å². The van der Waals surface area contributed by atoms with Crippen LogP contribution in [0, 0.1) is 11.6 Å². The second-order valence-corrected chi connectivity index (χ2v) is 8.13. The van der Waals surface area contributed by atoms with Crippen LogP contribution in [0.1, 0.15) is 30.9 Å². The minimum atomic E-state index is -1.04. The van der Waals surface area contributed by atoms with Crippen molar-refractivity contribution in [1.29, 1.82) is 0 Å². The highest BCUT2D eigenvalue weighted by Gasteiger charge is 2.49. The molecule has 0 saturated carbocycles. The van der Waals surface area contributed by atoms with Crippen LogP contribution in [0.15, 0.2) is 58.7 Å². The summed E-state index contributed by atoms with van der Waals surface area (Å²) >= 11 is 1.17. The zero-order chi connectivity index (χ0) is 22.4. The number of hydrogen-bond acceptors (Lipinski definition) is 5. The van der Waals surface area contributed by atoms with E-state index in [2.05, 4.69) is 15.1 Å². The molecular formula is C21H21F2N5O2S. The number of thioether (sulfide) groups is 1. The standard InChI is InChI=1S/C21H21F2N5O2S/c1-14(30-2)20(29)28-21(11-6-12-25-27-24,15-7-4-3-5-8-15)31-19(26-28)17-13-16(22)9-10-18(17)23/h3-5,7-10,13-14H,6,11-12H2,1-2H3/t14-,21-/m1/s1. The normalized spacial score (nSPS) is 19.0. The lowest BCUT2D eigenvalue weighted by molar-refractivity contribution is -0.144. The van der Waals surface area contributed by atoms with E-state index in [1.807, 2.05) is 30.3 Å². The number of halogens is 2. The van der Waals surface area contributed by atoms with E-state index in [9.17, 15) is 13.6 Å². The number of ether oxygens (including phenoxy) is 1. The molecule has 2 atom stereocenters. The van der Waals surface area contributed by atoms with Crippen molar-refractivity contribution in [3.8, 4) is 0 Å². The van der Waals surface area contributed by atoms with Gasteiger partial charge < -0.3 is 4.74 Å². The number of hydrogen-bond donors (Lipinski definition) is 0. The molecule has 7 nitrogen and oxygen atoms in total. The Labute approximate surface area is 182 Å². The molecular weight excluding hydrogens is 424 g/mol. The Bertz CT molecular complexity index is 1030. The summed E-state index contributed by atoms with van der Waals surface area (Å²) in [5, 5.41) is 9.48. The van der Waals surface area contributed by atoms with Gasteiger partial charge in [0, 0.05) is 24.1 Å². The molecule has 1 aliphatic rings. The van der Waals surface area contributed by atoms with Gasteiger partial charge in [0.05, 0.1) is 0 Å². The third kappa shape index (κ3) is 4.71. The van der Waals surface area contributed by atoms with Crippen LogP contribution in [0.3, 0.4) is 0 Å². The van der Waals surface area contributed by atoms with Crippen LogP contribution < -0.4 is 0 Å². The highest BCUT2D eigenvalue weighted by molar-refractivity contribution is 8.15. The largest absolute Gasteiger partial charge is 0.372 e. The number of azide groups is 1. The van der Waals surface area contributed by atoms with Crippen LogP contribution in [0.5, 0.6) is 0 Å². The number of amides is 1. The fourth-order valence-electron chi connectivity index (χ4n) is 3.28. The lowest BCUT2D eigenvalue weighted by atomic mass is 10.00. The molecule has 1 aliphatic heterocycles. The number of benzene rings is 2. The molecule has 3 rings (SSSR count). The monoisotopic (exact) mass is 445 g/mol. The number of carbonyl (C=O) groups is 1. The quantitative estimate of drug-likeness (QED) is 0.243. The van der Waals surface area contributed by atoms with Gasteiger partial charge in [-0.15, -0.1) is 0 Å². The minimum Gasteiger partial charge on any atom is -0.372 e. The van der Waals surface area contributed by atoms with Gasteiger partial charge in [-0.1, -0.05) is 47.2 Å². The smallest absolute Gasteiger partial charge is 0.273 e. The van der Waals surface area contributed by atoms with Gasteiger partial charge in [-0.05, 0) is 49.1 Å². The Balaban J connectivity index is 2.13. The first-order chi connectivity index (χ1) is 14.9. The zero-order valence-electron chi connectivity index (χ0n) is 17.0. The topological polar surface area (TPSA) is 90.7 Å². The summed E-state index contributed by atoms with van der Waals surface area (Å²) in [5.74, 6) is -1.67. The fourth-order valence-corrected chi connectivity index (χ4v) is 4.71. The van der Waals surface area contributed by atoms with Crippen LogP contribution in [-0.4, -0.2) is 35.7 Å². The molecule has 31 heavy (non-hydrogen) atoms. The van der Waals surface area contributed by atoms with Gasteiger partial charge in [-0.3, -0.25) is 4.79 Å². The Morgan fingerprint density at radius 1 is 1.32 bits per heavy atom. The predicted molar refractivity (Wildman–Crippen MR) is 115 cm³/mol. The maximum absolute atomic E-state index is 14.5. The van der Waals surface area contributed by atoms with Crippen molar-refractivity contribution < 1.29 is 18.3 Å². The third-order valence-electron chi connectivity index (χ3n) is 4.93. The lowest BCUT2D eigenvalue weighted by Crippen LogP contribution is -2.45. The molecule has 2 aromatic rings. The Hall–Kier alpha value is -2.94. The van der Waals surface area contributed by atoms with E-state index in [0.29, 0.717) is 12.8 Å². The molecule has 0 aromatic heterocycles. The van der Waals surface area contributed by atoms with Crippen molar-refractivity contribution in [3.63, 3.8) is 0 Å². The molecule has 0 radical (unpaired) electrons. The fraction of sp³-hybridized carbons (Fsp3) is 0.333. The molecule has 0 bridgehead atoms. The summed E-state index contributed by atoms with van der Waals surface area (Å²) in [6.07, 6.45) is 0.0134. The summed E-state index contributed by atoms with van der Waals surface area (Å²) in [4.78, 5) is 14.9. The molecule has 1 heterocycles. The van der Waals surface area contributed by atoms with E-state index in [1.54, 1.807) is 6.92 Å². The van der Waals surface area contributed by atoms with Crippen molar-refractivity contribution >= 4 is 22.7 Å². The molecule has 1 amide bonds. The Kier molecular flexibility index (Phi) is 7.27. The second-order valence-electron chi connectivity index (χ2n) is 6.87. The molecule has 162 valence electrons. The Morgan fingerprint density at radius 3 is 2.74 bits per heavy atom. The molecule has 0 N–H and O–H groups in total. The minimum absolute atomic E-state index is 0.0271. The summed E-state index contributed by atoms with van der Waals surface area (Å²) < 4.78 is 33.6. The van der Waals surface area contributed by atoms with Gasteiger partial charge in [0.1, 0.15) is 27.7 Å². The first-order valence-electron chi connectivity index (χ1n) is 9.59. The third-order valence-corrected chi connectivity index (χ3v) is 6.37. The van der Waals surface area contributed by atoms with E-state index in [1.165, 1.54) is 23.9 Å². The molecule has 0 aliphatic carbocycles. The molecule has 0 unspecified atom stereocenters. The van der Waals surface area contributed by atoms with E-state index in [-0.39, 0.29) is 17.2 Å². The van der Waals surface area contributed by atoms with Gasteiger partial charge in [0.15, 0.2) is 0 Å². The SMILES string of the molecule is CO[C@H](C)C(=O)N1N=C(c2cc(F)ccc2F)S[C@]1(CCCN=[N+]=[N-])c1ccccc1.